The number of imidazole rings is 1. The van der Waals surface area contributed by atoms with Crippen molar-refractivity contribution in [2.75, 3.05) is 24.3 Å². The van der Waals surface area contributed by atoms with Gasteiger partial charge in [0, 0.05) is 30.6 Å². The molecule has 3 aromatic rings. The van der Waals surface area contributed by atoms with Crippen molar-refractivity contribution < 1.29 is 14.3 Å². The van der Waals surface area contributed by atoms with Crippen molar-refractivity contribution in [3.63, 3.8) is 0 Å². The van der Waals surface area contributed by atoms with Crippen molar-refractivity contribution in [1.29, 1.82) is 0 Å². The number of benzene rings is 1. The Morgan fingerprint density at radius 3 is 2.78 bits per heavy atom. The highest BCUT2D eigenvalue weighted by atomic mass is 16.5. The van der Waals surface area contributed by atoms with Gasteiger partial charge in [0.1, 0.15) is 11.3 Å². The number of carbonyl (C=O) groups excluding carboxylic acids is 2. The van der Waals surface area contributed by atoms with Gasteiger partial charge in [0.25, 0.3) is 5.91 Å². The molecule has 0 spiro atoms. The molecular formula is C21H20N8O3. The highest BCUT2D eigenvalue weighted by Crippen LogP contribution is 2.91. The van der Waals surface area contributed by atoms with Crippen molar-refractivity contribution >= 4 is 40.4 Å². The van der Waals surface area contributed by atoms with Gasteiger partial charge < -0.3 is 31.4 Å². The number of aromatic nitrogens is 4. The number of nitrogens with one attached hydrogen (secondary N) is 4. The lowest BCUT2D eigenvalue weighted by molar-refractivity contribution is -0.123. The number of nitrogens with zero attached hydrogens (tertiary/aromatic N) is 3. The minimum absolute atomic E-state index is 0.0787. The Kier molecular flexibility index (Phi) is 3.60. The highest BCUT2D eigenvalue weighted by molar-refractivity contribution is 6.00. The molecule has 2 heterocycles. The van der Waals surface area contributed by atoms with E-state index in [-0.39, 0.29) is 30.3 Å². The first-order chi connectivity index (χ1) is 15.5. The molecule has 0 aliphatic heterocycles. The van der Waals surface area contributed by atoms with E-state index in [4.69, 9.17) is 10.5 Å². The highest BCUT2D eigenvalue weighted by Gasteiger charge is 3.02. The maximum absolute atomic E-state index is 12.1. The van der Waals surface area contributed by atoms with E-state index in [0.717, 1.165) is 0 Å². The fraction of sp³-hybridized carbons (Fsp3) is 0.286. The number of hydrogen-bond donors (Lipinski definition) is 5. The summed E-state index contributed by atoms with van der Waals surface area (Å²) in [7, 11) is 1.55. The van der Waals surface area contributed by atoms with Crippen molar-refractivity contribution in [3.8, 4) is 5.75 Å². The van der Waals surface area contributed by atoms with Crippen LogP contribution in [0.15, 0.2) is 42.7 Å². The summed E-state index contributed by atoms with van der Waals surface area (Å²) in [5, 5.41) is 9.12. The summed E-state index contributed by atoms with van der Waals surface area (Å²) in [6.07, 6.45) is 5.65. The second-order valence-electron chi connectivity index (χ2n) is 8.18. The van der Waals surface area contributed by atoms with E-state index in [1.165, 1.54) is 0 Å². The largest absolute Gasteiger partial charge is 0.484 e. The third kappa shape index (κ3) is 2.27. The van der Waals surface area contributed by atoms with E-state index in [0.29, 0.717) is 34.4 Å². The summed E-state index contributed by atoms with van der Waals surface area (Å²) in [6, 6.07) is 7.14. The van der Waals surface area contributed by atoms with E-state index >= 15 is 0 Å². The molecule has 7 rings (SSSR count). The molecule has 11 nitrogen and oxygen atoms in total. The van der Waals surface area contributed by atoms with Gasteiger partial charge >= 0.3 is 0 Å². The summed E-state index contributed by atoms with van der Waals surface area (Å²) in [5.74, 6) is 1.08. The lowest BCUT2D eigenvalue weighted by Crippen LogP contribution is -2.24. The number of H-pyrrole nitrogens is 1. The molecule has 6 N–H and O–H groups in total. The Bertz CT molecular complexity index is 1300. The quantitative estimate of drug-likeness (QED) is 0.325. The number of amides is 2. The van der Waals surface area contributed by atoms with E-state index in [9.17, 15) is 9.59 Å². The molecule has 2 bridgehead atoms. The molecule has 11 heteroatoms. The fourth-order valence-corrected chi connectivity index (χ4v) is 5.18. The first-order valence-electron chi connectivity index (χ1n) is 10.2. The van der Waals surface area contributed by atoms with Crippen LogP contribution < -0.4 is 26.4 Å². The smallest absolute Gasteiger partial charge is 0.257 e. The van der Waals surface area contributed by atoms with Crippen LogP contribution in [-0.2, 0) is 9.59 Å². The van der Waals surface area contributed by atoms with Crippen molar-refractivity contribution in [2.45, 2.75) is 5.54 Å². The molecule has 4 aliphatic carbocycles. The van der Waals surface area contributed by atoms with Crippen LogP contribution in [0.4, 0.5) is 17.5 Å². The van der Waals surface area contributed by atoms with Crippen LogP contribution in [-0.4, -0.2) is 50.9 Å². The molecule has 1 aromatic carbocycles. The number of rotatable bonds is 8. The van der Waals surface area contributed by atoms with Gasteiger partial charge in [-0.3, -0.25) is 9.59 Å². The van der Waals surface area contributed by atoms with Crippen molar-refractivity contribution in [2.24, 2.45) is 23.0 Å². The first-order valence-corrected chi connectivity index (χ1v) is 10.2. The van der Waals surface area contributed by atoms with Crippen LogP contribution in [0.1, 0.15) is 0 Å². The van der Waals surface area contributed by atoms with Gasteiger partial charge in [0.05, 0.1) is 17.3 Å². The van der Waals surface area contributed by atoms with E-state index in [1.54, 1.807) is 31.6 Å². The average molecular weight is 432 g/mol. The number of likely N-dealkylation sites (N-methyl/N-ethyl adjacent to an activating group) is 1. The number of fused-ring (bicyclic) bond motifs is 1. The number of ether oxygens (including phenoxy) is 1. The fourth-order valence-electron chi connectivity index (χ4n) is 5.18. The van der Waals surface area contributed by atoms with Crippen molar-refractivity contribution in [1.82, 2.24) is 25.3 Å². The summed E-state index contributed by atoms with van der Waals surface area (Å²) in [6.45, 7) is -0.0787. The zero-order valence-corrected chi connectivity index (χ0v) is 17.0. The number of hydrogen-bond acceptors (Lipinski definition) is 8. The summed E-state index contributed by atoms with van der Waals surface area (Å²) in [5.41, 5.74) is 6.60. The molecule has 2 fully saturated rings. The van der Waals surface area contributed by atoms with E-state index in [2.05, 4.69) is 48.0 Å². The Hall–Kier alpha value is -4.15. The molecule has 0 saturated heterocycles. The predicted octanol–water partition coefficient (Wildman–Crippen LogP) is 0.673. The monoisotopic (exact) mass is 432 g/mol. The number of nitrogens with two attached hydrogens (primary N) is 1. The van der Waals surface area contributed by atoms with Crippen LogP contribution >= 0.6 is 0 Å². The summed E-state index contributed by atoms with van der Waals surface area (Å²) < 4.78 is 5.49. The molecule has 162 valence electrons. The van der Waals surface area contributed by atoms with E-state index < -0.39 is 11.0 Å². The Morgan fingerprint density at radius 1 is 1.25 bits per heavy atom. The average Bonchev–Trinajstić information content (AvgIpc) is 3.23. The van der Waals surface area contributed by atoms with Crippen LogP contribution in [0, 0.1) is 17.3 Å². The van der Waals surface area contributed by atoms with Crippen LogP contribution in [0.3, 0.4) is 0 Å². The number of carbonyl (C=O) groups is 2. The van der Waals surface area contributed by atoms with Gasteiger partial charge in [-0.2, -0.15) is 9.97 Å². The molecule has 4 aliphatic rings. The topological polar surface area (TPSA) is 160 Å². The molecule has 2 aromatic heterocycles. The van der Waals surface area contributed by atoms with Crippen LogP contribution in [0.5, 0.6) is 5.75 Å². The third-order valence-corrected chi connectivity index (χ3v) is 6.73. The van der Waals surface area contributed by atoms with Gasteiger partial charge in [-0.1, -0.05) is 18.2 Å². The lowest BCUT2D eigenvalue weighted by Gasteiger charge is -2.14. The molecule has 2 amide bonds. The molecule has 32 heavy (non-hydrogen) atoms. The van der Waals surface area contributed by atoms with Gasteiger partial charge in [0.2, 0.25) is 11.9 Å². The van der Waals surface area contributed by atoms with Crippen molar-refractivity contribution in [3.05, 3.63) is 42.7 Å². The number of anilines is 3. The minimum Gasteiger partial charge on any atom is -0.484 e. The van der Waals surface area contributed by atoms with E-state index in [1.807, 2.05) is 6.07 Å². The summed E-state index contributed by atoms with van der Waals surface area (Å²) in [4.78, 5) is 40.0. The third-order valence-electron chi connectivity index (χ3n) is 6.73. The Morgan fingerprint density at radius 2 is 2.06 bits per heavy atom. The molecule has 0 radical (unpaired) electrons. The molecular weight excluding hydrogens is 412 g/mol. The second kappa shape index (κ2) is 6.19. The Labute approximate surface area is 181 Å². The minimum atomic E-state index is -0.537. The standard InChI is InChI=1S/C21H20N8O3/c1-23-14(30)8-32-11-4-2-3-10(7-11)26-19-27-16-15(24-9-25-16)17(28-19)29-21-12-5-6-13(21)20(12,21)18(22)31/h2-7,9,12-13H,8H2,1H3,(H2,22,31)(H,23,30)(H3,24,25,26,27,28,29)/t12-,13-,20-,21+/m1/s1. The molecule has 2 atom stereocenters. The Balaban J connectivity index is 1.26. The lowest BCUT2D eigenvalue weighted by atomic mass is 10.0. The second-order valence-corrected chi connectivity index (χ2v) is 8.18. The van der Waals surface area contributed by atoms with Gasteiger partial charge in [-0.25, -0.2) is 4.98 Å². The predicted molar refractivity (Wildman–Crippen MR) is 115 cm³/mol. The van der Waals surface area contributed by atoms with Gasteiger partial charge in [-0.05, 0) is 12.1 Å². The number of primary amides is 1. The first kappa shape index (κ1) is 18.6. The zero-order valence-electron chi connectivity index (χ0n) is 17.0. The van der Waals surface area contributed by atoms with Gasteiger partial charge in [0.15, 0.2) is 18.1 Å². The number of aromatic amines is 1. The normalized spacial score (nSPS) is 28.2. The zero-order chi connectivity index (χ0) is 22.1. The van der Waals surface area contributed by atoms with Crippen LogP contribution in [0.25, 0.3) is 11.2 Å². The maximum atomic E-state index is 12.1. The SMILES string of the molecule is CNC(=O)COc1cccc(Nc2nc(N[C@]34[C@@H]5C=C[C@@H]3[C@]54C(N)=O)c3nc[nH]c3n2)c1. The molecule has 0 unspecified atom stereocenters. The molecule has 2 saturated carbocycles. The maximum Gasteiger partial charge on any atom is 0.257 e. The van der Waals surface area contributed by atoms with Crippen LogP contribution in [0.2, 0.25) is 0 Å². The summed E-state index contributed by atoms with van der Waals surface area (Å²) >= 11 is 0. The van der Waals surface area contributed by atoms with Gasteiger partial charge in [-0.15, -0.1) is 0 Å².